The van der Waals surface area contributed by atoms with Crippen molar-refractivity contribution in [3.63, 3.8) is 0 Å². The van der Waals surface area contributed by atoms with Crippen LogP contribution in [0, 0.1) is 0 Å². The number of amides is 1. The van der Waals surface area contributed by atoms with Crippen LogP contribution < -0.4 is 14.8 Å². The predicted octanol–water partition coefficient (Wildman–Crippen LogP) is 7.90. The zero-order valence-corrected chi connectivity index (χ0v) is 24.1. The maximum Gasteiger partial charge on any atom is 0.326 e. The Labute approximate surface area is 243 Å². The lowest BCUT2D eigenvalue weighted by Gasteiger charge is -2.19. The minimum absolute atomic E-state index is 0.0743. The largest absolute Gasteiger partial charge is 0.490 e. The normalized spacial score (nSPS) is 12.3. The third kappa shape index (κ3) is 7.73. The van der Waals surface area contributed by atoms with Gasteiger partial charge in [0.15, 0.2) is 0 Å². The highest BCUT2D eigenvalue weighted by molar-refractivity contribution is 9.10. The molecule has 0 aliphatic heterocycles. The van der Waals surface area contributed by atoms with Gasteiger partial charge in [-0.3, -0.25) is 4.79 Å². The summed E-state index contributed by atoms with van der Waals surface area (Å²) in [7, 11) is 0. The first-order valence-electron chi connectivity index (χ1n) is 13.2. The molecule has 2 N–H and O–H groups in total. The number of halogens is 1. The standard InChI is InChI=1S/C33H32BrNO5/c1-3-9-22(2)39-31-19-18-25(34)21-28(31)32(36)35-29(33(37)38)20-23-14-16-24(17-15-23)27-12-7-8-13-30(27)40-26-10-5-4-6-11-26/h4-8,10-19,21-22,29H,3,9,20H2,1-2H3,(H,35,36)(H,37,38). The molecule has 4 rings (SSSR count). The Morgan fingerprint density at radius 1 is 0.900 bits per heavy atom. The molecule has 40 heavy (non-hydrogen) atoms. The summed E-state index contributed by atoms with van der Waals surface area (Å²) in [6, 6.07) is 29.0. The molecule has 0 saturated heterocycles. The van der Waals surface area contributed by atoms with Crippen molar-refractivity contribution in [3.8, 4) is 28.4 Å². The van der Waals surface area contributed by atoms with Gasteiger partial charge < -0.3 is 19.9 Å². The smallest absolute Gasteiger partial charge is 0.326 e. The Morgan fingerprint density at radius 2 is 1.60 bits per heavy atom. The second kappa shape index (κ2) is 13.8. The Morgan fingerprint density at radius 3 is 2.30 bits per heavy atom. The highest BCUT2D eigenvalue weighted by atomic mass is 79.9. The van der Waals surface area contributed by atoms with E-state index >= 15 is 0 Å². The van der Waals surface area contributed by atoms with Gasteiger partial charge in [-0.1, -0.05) is 89.9 Å². The van der Waals surface area contributed by atoms with E-state index in [4.69, 9.17) is 9.47 Å². The first-order chi connectivity index (χ1) is 19.3. The molecule has 6 nitrogen and oxygen atoms in total. The zero-order valence-electron chi connectivity index (χ0n) is 22.5. The van der Waals surface area contributed by atoms with Crippen LogP contribution in [0.2, 0.25) is 0 Å². The summed E-state index contributed by atoms with van der Waals surface area (Å²) in [6.45, 7) is 4.01. The Kier molecular flexibility index (Phi) is 9.97. The zero-order chi connectivity index (χ0) is 28.5. The molecule has 0 aliphatic rings. The lowest BCUT2D eigenvalue weighted by molar-refractivity contribution is -0.139. The molecule has 0 saturated carbocycles. The summed E-state index contributed by atoms with van der Waals surface area (Å²) < 4.78 is 12.8. The fraction of sp³-hybridized carbons (Fsp3) is 0.212. The van der Waals surface area contributed by atoms with E-state index in [1.54, 1.807) is 18.2 Å². The number of carbonyl (C=O) groups excluding carboxylic acids is 1. The van der Waals surface area contributed by atoms with Gasteiger partial charge in [0.2, 0.25) is 0 Å². The van der Waals surface area contributed by atoms with Crippen LogP contribution in [0.5, 0.6) is 17.2 Å². The second-order valence-corrected chi connectivity index (χ2v) is 10.4. The molecule has 0 aliphatic carbocycles. The molecule has 0 heterocycles. The maximum atomic E-state index is 13.2. The number of carboxylic acid groups (broad SMARTS) is 1. The number of hydrogen-bond acceptors (Lipinski definition) is 4. The predicted molar refractivity (Wildman–Crippen MR) is 160 cm³/mol. The van der Waals surface area contributed by atoms with Crippen molar-refractivity contribution in [3.05, 3.63) is 113 Å². The van der Waals surface area contributed by atoms with Crippen molar-refractivity contribution >= 4 is 27.8 Å². The van der Waals surface area contributed by atoms with Gasteiger partial charge in [0.1, 0.15) is 23.3 Å². The van der Waals surface area contributed by atoms with Gasteiger partial charge in [-0.15, -0.1) is 0 Å². The van der Waals surface area contributed by atoms with Crippen molar-refractivity contribution in [1.29, 1.82) is 0 Å². The highest BCUT2D eigenvalue weighted by Gasteiger charge is 2.24. The van der Waals surface area contributed by atoms with Gasteiger partial charge in [0.25, 0.3) is 5.91 Å². The van der Waals surface area contributed by atoms with Crippen molar-refractivity contribution in [2.24, 2.45) is 0 Å². The van der Waals surface area contributed by atoms with E-state index < -0.39 is 17.9 Å². The summed E-state index contributed by atoms with van der Waals surface area (Å²) in [5.41, 5.74) is 2.91. The first kappa shape index (κ1) is 28.9. The van der Waals surface area contributed by atoms with Gasteiger partial charge in [-0.05, 0) is 60.9 Å². The van der Waals surface area contributed by atoms with Crippen LogP contribution in [0.25, 0.3) is 11.1 Å². The Hall–Kier alpha value is -4.10. The van der Waals surface area contributed by atoms with E-state index in [2.05, 4.69) is 28.2 Å². The number of nitrogens with one attached hydrogen (secondary N) is 1. The number of carboxylic acids is 1. The van der Waals surface area contributed by atoms with Gasteiger partial charge in [-0.2, -0.15) is 0 Å². The summed E-state index contributed by atoms with van der Waals surface area (Å²) >= 11 is 3.40. The SMILES string of the molecule is CCCC(C)Oc1ccc(Br)cc1C(=O)NC(Cc1ccc(-c2ccccc2Oc2ccccc2)cc1)C(=O)O. The quantitative estimate of drug-likeness (QED) is 0.172. The van der Waals surface area contributed by atoms with E-state index in [1.165, 1.54) is 0 Å². The van der Waals surface area contributed by atoms with E-state index in [-0.39, 0.29) is 18.1 Å². The summed E-state index contributed by atoms with van der Waals surface area (Å²) in [4.78, 5) is 25.3. The number of carbonyl (C=O) groups is 2. The minimum atomic E-state index is -1.12. The fourth-order valence-electron chi connectivity index (χ4n) is 4.37. The molecule has 4 aromatic rings. The average Bonchev–Trinajstić information content (AvgIpc) is 2.95. The van der Waals surface area contributed by atoms with Crippen LogP contribution in [0.15, 0.2) is 102 Å². The van der Waals surface area contributed by atoms with E-state index in [1.807, 2.05) is 85.8 Å². The molecule has 2 unspecified atom stereocenters. The monoisotopic (exact) mass is 601 g/mol. The topological polar surface area (TPSA) is 84.9 Å². The van der Waals surface area contributed by atoms with Gasteiger partial charge in [0.05, 0.1) is 11.7 Å². The highest BCUT2D eigenvalue weighted by Crippen LogP contribution is 2.33. The van der Waals surface area contributed by atoms with Crippen LogP contribution in [0.1, 0.15) is 42.6 Å². The number of aliphatic carboxylic acids is 1. The first-order valence-corrected chi connectivity index (χ1v) is 14.0. The lowest BCUT2D eigenvalue weighted by atomic mass is 9.99. The van der Waals surface area contributed by atoms with Crippen LogP contribution in [-0.4, -0.2) is 29.1 Å². The van der Waals surface area contributed by atoms with Crippen molar-refractivity contribution in [2.75, 3.05) is 0 Å². The maximum absolute atomic E-state index is 13.2. The third-order valence-corrected chi connectivity index (χ3v) is 6.87. The van der Waals surface area contributed by atoms with Crippen molar-refractivity contribution in [1.82, 2.24) is 5.32 Å². The lowest BCUT2D eigenvalue weighted by Crippen LogP contribution is -2.42. The molecule has 2 atom stereocenters. The van der Waals surface area contributed by atoms with Crippen molar-refractivity contribution in [2.45, 2.75) is 45.3 Å². The summed E-state index contributed by atoms with van der Waals surface area (Å²) in [5.74, 6) is 0.265. The van der Waals surface area contributed by atoms with Crippen molar-refractivity contribution < 1.29 is 24.2 Å². The number of benzene rings is 4. The second-order valence-electron chi connectivity index (χ2n) is 9.53. The van der Waals surface area contributed by atoms with E-state index in [0.29, 0.717) is 10.2 Å². The molecule has 0 radical (unpaired) electrons. The number of hydrogen-bond donors (Lipinski definition) is 2. The van der Waals surface area contributed by atoms with E-state index in [9.17, 15) is 14.7 Å². The molecular weight excluding hydrogens is 570 g/mol. The van der Waals surface area contributed by atoms with Crippen LogP contribution in [0.4, 0.5) is 0 Å². The number of para-hydroxylation sites is 2. The molecule has 0 bridgehead atoms. The van der Waals surface area contributed by atoms with Crippen LogP contribution in [0.3, 0.4) is 0 Å². The average molecular weight is 603 g/mol. The Bertz CT molecular complexity index is 1440. The van der Waals surface area contributed by atoms with Gasteiger partial charge in [-0.25, -0.2) is 4.79 Å². The molecule has 206 valence electrons. The van der Waals surface area contributed by atoms with Gasteiger partial charge in [0, 0.05) is 16.5 Å². The van der Waals surface area contributed by atoms with E-state index in [0.717, 1.165) is 41.0 Å². The summed E-state index contributed by atoms with van der Waals surface area (Å²) in [5, 5.41) is 12.6. The summed E-state index contributed by atoms with van der Waals surface area (Å²) in [6.07, 6.45) is 1.84. The fourth-order valence-corrected chi connectivity index (χ4v) is 4.73. The molecule has 4 aromatic carbocycles. The van der Waals surface area contributed by atoms with Crippen LogP contribution >= 0.6 is 15.9 Å². The molecule has 7 heteroatoms. The number of ether oxygens (including phenoxy) is 2. The van der Waals surface area contributed by atoms with Crippen LogP contribution in [-0.2, 0) is 11.2 Å². The number of rotatable bonds is 12. The molecule has 0 aromatic heterocycles. The Balaban J connectivity index is 1.49. The molecule has 0 fully saturated rings. The molecule has 0 spiro atoms. The third-order valence-electron chi connectivity index (χ3n) is 6.38. The molecular formula is C33H32BrNO5. The van der Waals surface area contributed by atoms with Gasteiger partial charge >= 0.3 is 5.97 Å². The molecule has 1 amide bonds. The minimum Gasteiger partial charge on any atom is -0.490 e.